The van der Waals surface area contributed by atoms with Crippen molar-refractivity contribution in [1.29, 1.82) is 0 Å². The molecule has 4 heteroatoms. The molecule has 3 rings (SSSR count). The van der Waals surface area contributed by atoms with E-state index < -0.39 is 6.09 Å². The van der Waals surface area contributed by atoms with Gasteiger partial charge in [-0.15, -0.1) is 0 Å². The first-order valence-corrected chi connectivity index (χ1v) is 8.26. The summed E-state index contributed by atoms with van der Waals surface area (Å²) in [6.07, 6.45) is 2.81. The van der Waals surface area contributed by atoms with Crippen LogP contribution in [0.3, 0.4) is 0 Å². The summed E-state index contributed by atoms with van der Waals surface area (Å²) in [6, 6.07) is 19.5. The first-order chi connectivity index (χ1) is 12.1. The van der Waals surface area contributed by atoms with Gasteiger partial charge in [0.1, 0.15) is 0 Å². The molecule has 0 spiro atoms. The minimum Gasteiger partial charge on any atom is -0.435 e. The van der Waals surface area contributed by atoms with Crippen molar-refractivity contribution in [1.82, 2.24) is 4.98 Å². The highest BCUT2D eigenvalue weighted by Crippen LogP contribution is 2.32. The highest BCUT2D eigenvalue weighted by atomic mass is 16.4. The smallest absolute Gasteiger partial charge is 0.435 e. The maximum atomic E-state index is 12.1. The number of pyridine rings is 1. The third kappa shape index (κ3) is 3.16. The Labute approximate surface area is 147 Å². The second kappa shape index (κ2) is 6.87. The van der Waals surface area contributed by atoms with Gasteiger partial charge >= 0.3 is 6.09 Å². The van der Waals surface area contributed by atoms with Gasteiger partial charge in [-0.3, -0.25) is 4.98 Å². The van der Waals surface area contributed by atoms with E-state index in [9.17, 15) is 9.90 Å². The second-order valence-electron chi connectivity index (χ2n) is 6.11. The summed E-state index contributed by atoms with van der Waals surface area (Å²) in [5, 5.41) is 10.9. The van der Waals surface area contributed by atoms with Gasteiger partial charge in [0.05, 0.1) is 19.1 Å². The number of benzene rings is 2. The molecule has 0 radical (unpaired) electrons. The van der Waals surface area contributed by atoms with E-state index in [0.717, 1.165) is 27.7 Å². The number of fused-ring (bicyclic) bond motifs is 1. The van der Waals surface area contributed by atoms with Crippen molar-refractivity contribution in [3.05, 3.63) is 78.0 Å². The van der Waals surface area contributed by atoms with Crippen molar-refractivity contribution >= 4 is 28.8 Å². The van der Waals surface area contributed by atoms with Crippen LogP contribution in [-0.4, -0.2) is 34.3 Å². The van der Waals surface area contributed by atoms with Crippen LogP contribution < -0.4 is 0 Å². The zero-order chi connectivity index (χ0) is 17.9. The average molecular weight is 333 g/mol. The van der Waals surface area contributed by atoms with E-state index in [-0.39, 0.29) is 4.48 Å². The number of hydrogen-bond donors (Lipinski definition) is 1. The molecule has 25 heavy (non-hydrogen) atoms. The van der Waals surface area contributed by atoms with Crippen molar-refractivity contribution < 1.29 is 14.4 Å². The Bertz CT molecular complexity index is 930. The Morgan fingerprint density at radius 3 is 2.44 bits per heavy atom. The number of amides is 1. The van der Waals surface area contributed by atoms with E-state index in [1.165, 1.54) is 0 Å². The first-order valence-electron chi connectivity index (χ1n) is 8.26. The molecule has 0 aliphatic heterocycles. The van der Waals surface area contributed by atoms with Gasteiger partial charge in [-0.1, -0.05) is 48.5 Å². The molecule has 0 aliphatic carbocycles. The van der Waals surface area contributed by atoms with Crippen molar-refractivity contribution in [3.63, 3.8) is 0 Å². The molecule has 1 N–H and O–H groups in total. The van der Waals surface area contributed by atoms with Crippen molar-refractivity contribution in [2.75, 3.05) is 13.6 Å². The molecule has 1 unspecified atom stereocenters. The fraction of sp³-hybridized carbons (Fsp3) is 0.143. The topological polar surface area (TPSA) is 50.2 Å². The fourth-order valence-electron chi connectivity index (χ4n) is 2.92. The Morgan fingerprint density at radius 2 is 1.76 bits per heavy atom. The molecule has 126 valence electrons. The lowest BCUT2D eigenvalue weighted by atomic mass is 10.0. The molecule has 0 saturated carbocycles. The monoisotopic (exact) mass is 333 g/mol. The first kappa shape index (κ1) is 16.9. The summed E-state index contributed by atoms with van der Waals surface area (Å²) in [4.78, 5) is 16.5. The van der Waals surface area contributed by atoms with E-state index in [4.69, 9.17) is 0 Å². The number of carboxylic acid groups (broad SMARTS) is 1. The van der Waals surface area contributed by atoms with Crippen molar-refractivity contribution in [2.45, 2.75) is 6.92 Å². The minimum absolute atomic E-state index is 0.205. The van der Waals surface area contributed by atoms with Gasteiger partial charge in [0.15, 0.2) is 5.70 Å². The average Bonchev–Trinajstić information content (AvgIpc) is 2.66. The van der Waals surface area contributed by atoms with Crippen LogP contribution in [0.25, 0.3) is 22.7 Å². The van der Waals surface area contributed by atoms with Crippen molar-refractivity contribution in [3.8, 4) is 0 Å². The van der Waals surface area contributed by atoms with Crippen LogP contribution in [0, 0.1) is 0 Å². The lowest BCUT2D eigenvalue weighted by molar-refractivity contribution is -0.760. The molecule has 1 heterocycles. The van der Waals surface area contributed by atoms with Crippen LogP contribution in [0.4, 0.5) is 4.79 Å². The largest absolute Gasteiger partial charge is 0.518 e. The number of para-hydroxylation sites is 1. The van der Waals surface area contributed by atoms with Gasteiger partial charge in [-0.2, -0.15) is 9.28 Å². The zero-order valence-electron chi connectivity index (χ0n) is 14.4. The van der Waals surface area contributed by atoms with Crippen LogP contribution >= 0.6 is 0 Å². The second-order valence-corrected chi connectivity index (χ2v) is 6.11. The molecule has 0 saturated heterocycles. The fourth-order valence-corrected chi connectivity index (χ4v) is 2.92. The van der Waals surface area contributed by atoms with Gasteiger partial charge in [0.2, 0.25) is 0 Å². The predicted molar refractivity (Wildman–Crippen MR) is 101 cm³/mol. The number of rotatable bonds is 4. The molecule has 1 amide bonds. The molecule has 0 bridgehead atoms. The van der Waals surface area contributed by atoms with Gasteiger partial charge in [-0.05, 0) is 24.6 Å². The molecule has 1 aromatic heterocycles. The maximum absolute atomic E-state index is 12.1. The standard InChI is InChI=1S/C21H20N2O2/c1-3-23(2,21(24)25)20(15-16-9-5-4-6-10-16)18-13-14-22-19-12-8-7-11-17(18)19/h4-15H,3H2,1-2H3/p+1/b20-15-. The van der Waals surface area contributed by atoms with Crippen LogP contribution in [0.2, 0.25) is 0 Å². The molecule has 4 nitrogen and oxygen atoms in total. The molecule has 0 fully saturated rings. The van der Waals surface area contributed by atoms with Crippen LogP contribution in [-0.2, 0) is 0 Å². The molecule has 3 aromatic rings. The van der Waals surface area contributed by atoms with E-state index in [0.29, 0.717) is 6.54 Å². The summed E-state index contributed by atoms with van der Waals surface area (Å²) in [7, 11) is 1.73. The number of nitrogens with zero attached hydrogens (tertiary/aromatic N) is 2. The quantitative estimate of drug-likeness (QED) is 0.693. The Kier molecular flexibility index (Phi) is 4.63. The zero-order valence-corrected chi connectivity index (χ0v) is 14.4. The highest BCUT2D eigenvalue weighted by Gasteiger charge is 2.36. The van der Waals surface area contributed by atoms with Gasteiger partial charge in [0, 0.05) is 23.2 Å². The van der Waals surface area contributed by atoms with Crippen LogP contribution in [0.1, 0.15) is 18.1 Å². The summed E-state index contributed by atoms with van der Waals surface area (Å²) < 4.78 is -0.205. The normalized spacial score (nSPS) is 14.2. The van der Waals surface area contributed by atoms with Crippen LogP contribution in [0.5, 0.6) is 0 Å². The molecule has 1 atom stereocenters. The summed E-state index contributed by atoms with van der Waals surface area (Å²) in [5.74, 6) is 0. The van der Waals surface area contributed by atoms with E-state index in [2.05, 4.69) is 4.98 Å². The lowest BCUT2D eigenvalue weighted by Crippen LogP contribution is -2.46. The van der Waals surface area contributed by atoms with Gasteiger partial charge in [0.25, 0.3) is 0 Å². The minimum atomic E-state index is -0.884. The number of aromatic nitrogens is 1. The van der Waals surface area contributed by atoms with E-state index >= 15 is 0 Å². The highest BCUT2D eigenvalue weighted by molar-refractivity contribution is 5.95. The molecular weight excluding hydrogens is 312 g/mol. The third-order valence-electron chi connectivity index (χ3n) is 4.61. The number of hydrogen-bond acceptors (Lipinski definition) is 2. The number of quaternary nitrogens is 1. The Hall–Kier alpha value is -2.98. The van der Waals surface area contributed by atoms with Crippen LogP contribution in [0.15, 0.2) is 66.9 Å². The summed E-state index contributed by atoms with van der Waals surface area (Å²) in [6.45, 7) is 2.32. The number of carbonyl (C=O) groups is 1. The maximum Gasteiger partial charge on any atom is 0.518 e. The van der Waals surface area contributed by atoms with E-state index in [1.807, 2.05) is 73.7 Å². The molecular formula is C21H21N2O2+. The Balaban J connectivity index is 2.31. The van der Waals surface area contributed by atoms with Gasteiger partial charge in [-0.25, -0.2) is 0 Å². The summed E-state index contributed by atoms with van der Waals surface area (Å²) in [5.41, 5.74) is 3.45. The Morgan fingerprint density at radius 1 is 1.08 bits per heavy atom. The lowest BCUT2D eigenvalue weighted by Gasteiger charge is -2.29. The van der Waals surface area contributed by atoms with E-state index in [1.54, 1.807) is 13.2 Å². The SMILES string of the molecule is CC[N+](C)(C(=O)O)/C(=C\c1ccccc1)c1ccnc2ccccc12. The third-order valence-corrected chi connectivity index (χ3v) is 4.61. The predicted octanol–water partition coefficient (Wildman–Crippen LogP) is 4.88. The molecule has 2 aromatic carbocycles. The molecule has 0 aliphatic rings. The summed E-state index contributed by atoms with van der Waals surface area (Å²) >= 11 is 0. The van der Waals surface area contributed by atoms with Crippen molar-refractivity contribution in [2.24, 2.45) is 0 Å². The van der Waals surface area contributed by atoms with Gasteiger partial charge < -0.3 is 5.11 Å².